The zero-order valence-corrected chi connectivity index (χ0v) is 19.3. The van der Waals surface area contributed by atoms with Crippen molar-refractivity contribution in [2.24, 2.45) is 0 Å². The molecule has 1 heterocycles. The van der Waals surface area contributed by atoms with Crippen LogP contribution in [0.1, 0.15) is 20.7 Å². The fourth-order valence-corrected chi connectivity index (χ4v) is 3.16. The molecule has 9 heteroatoms. The third-order valence-corrected chi connectivity index (χ3v) is 4.96. The number of amides is 3. The van der Waals surface area contributed by atoms with Crippen LogP contribution < -0.4 is 15.5 Å². The van der Waals surface area contributed by atoms with Crippen LogP contribution >= 0.6 is 11.6 Å². The second-order valence-electron chi connectivity index (χ2n) is 7.55. The van der Waals surface area contributed by atoms with Crippen LogP contribution in [-0.4, -0.2) is 55.3 Å². The van der Waals surface area contributed by atoms with E-state index in [-0.39, 0.29) is 23.9 Å². The van der Waals surface area contributed by atoms with Crippen molar-refractivity contribution in [3.63, 3.8) is 0 Å². The second-order valence-corrected chi connectivity index (χ2v) is 7.99. The lowest BCUT2D eigenvalue weighted by Crippen LogP contribution is -2.35. The highest BCUT2D eigenvalue weighted by atomic mass is 35.5. The van der Waals surface area contributed by atoms with E-state index in [1.807, 2.05) is 14.1 Å². The van der Waals surface area contributed by atoms with Crippen molar-refractivity contribution in [1.29, 1.82) is 0 Å². The van der Waals surface area contributed by atoms with Gasteiger partial charge in [0.05, 0.1) is 17.8 Å². The van der Waals surface area contributed by atoms with E-state index in [2.05, 4.69) is 15.6 Å². The Morgan fingerprint density at radius 3 is 2.27 bits per heavy atom. The molecule has 8 nitrogen and oxygen atoms in total. The van der Waals surface area contributed by atoms with E-state index >= 15 is 0 Å². The Balaban J connectivity index is 1.72. The van der Waals surface area contributed by atoms with Crippen LogP contribution in [0.4, 0.5) is 17.2 Å². The smallest absolute Gasteiger partial charge is 0.258 e. The van der Waals surface area contributed by atoms with Gasteiger partial charge in [0, 0.05) is 29.5 Å². The Hall–Kier alpha value is -3.75. The summed E-state index contributed by atoms with van der Waals surface area (Å²) in [7, 11) is 5.33. The van der Waals surface area contributed by atoms with Crippen LogP contribution in [0, 0.1) is 0 Å². The molecule has 3 amide bonds. The Labute approximate surface area is 197 Å². The van der Waals surface area contributed by atoms with Gasteiger partial charge in [-0.05, 0) is 62.6 Å². The van der Waals surface area contributed by atoms with Crippen LogP contribution in [0.3, 0.4) is 0 Å². The van der Waals surface area contributed by atoms with Gasteiger partial charge in [0.2, 0.25) is 5.91 Å². The summed E-state index contributed by atoms with van der Waals surface area (Å²) in [5.74, 6) is -0.578. The minimum atomic E-state index is -0.433. The molecule has 2 N–H and O–H groups in total. The van der Waals surface area contributed by atoms with Crippen molar-refractivity contribution < 1.29 is 14.4 Å². The van der Waals surface area contributed by atoms with Crippen molar-refractivity contribution in [3.05, 3.63) is 83.0 Å². The number of para-hydroxylation sites is 1. The first-order valence-electron chi connectivity index (χ1n) is 10.1. The van der Waals surface area contributed by atoms with Crippen LogP contribution in [-0.2, 0) is 4.79 Å². The fourth-order valence-electron chi connectivity index (χ4n) is 3.00. The molecule has 0 bridgehead atoms. The number of anilines is 3. The number of halogens is 1. The van der Waals surface area contributed by atoms with Gasteiger partial charge in [0.1, 0.15) is 5.82 Å². The maximum atomic E-state index is 12.8. The minimum Gasteiger partial charge on any atom is -0.321 e. The predicted molar refractivity (Wildman–Crippen MR) is 130 cm³/mol. The van der Waals surface area contributed by atoms with Gasteiger partial charge < -0.3 is 20.4 Å². The lowest BCUT2D eigenvalue weighted by Gasteiger charge is -2.20. The van der Waals surface area contributed by atoms with Gasteiger partial charge in [-0.3, -0.25) is 14.4 Å². The van der Waals surface area contributed by atoms with Gasteiger partial charge in [-0.15, -0.1) is 0 Å². The third-order valence-electron chi connectivity index (χ3n) is 4.73. The number of likely N-dealkylation sites (N-methyl/N-ethyl adjacent to an activating group) is 2. The monoisotopic (exact) mass is 465 g/mol. The predicted octanol–water partition coefficient (Wildman–Crippen LogP) is 3.76. The molecule has 170 valence electrons. The molecule has 2 aromatic carbocycles. The summed E-state index contributed by atoms with van der Waals surface area (Å²) >= 11 is 5.94. The van der Waals surface area contributed by atoms with E-state index in [1.54, 1.807) is 66.5 Å². The SMILES string of the molecule is CN(C)CC(=O)N(C)c1ccc(C(=O)Nc2ccccc2C(=O)Nc2cc(Cl)ccn2)cc1. The molecule has 0 aliphatic rings. The fraction of sp³-hybridized carbons (Fsp3) is 0.167. The summed E-state index contributed by atoms with van der Waals surface area (Å²) in [4.78, 5) is 45.1. The molecule has 3 rings (SSSR count). The summed E-state index contributed by atoms with van der Waals surface area (Å²) in [6, 6.07) is 16.5. The maximum Gasteiger partial charge on any atom is 0.258 e. The van der Waals surface area contributed by atoms with Crippen molar-refractivity contribution in [2.75, 3.05) is 43.2 Å². The van der Waals surface area contributed by atoms with Gasteiger partial charge in [-0.25, -0.2) is 4.98 Å². The van der Waals surface area contributed by atoms with Crippen LogP contribution in [0.25, 0.3) is 0 Å². The number of carbonyl (C=O) groups excluding carboxylic acids is 3. The lowest BCUT2D eigenvalue weighted by atomic mass is 10.1. The lowest BCUT2D eigenvalue weighted by molar-refractivity contribution is -0.118. The van der Waals surface area contributed by atoms with E-state index in [4.69, 9.17) is 11.6 Å². The summed E-state index contributed by atoms with van der Waals surface area (Å²) in [6.45, 7) is 0.280. The quantitative estimate of drug-likeness (QED) is 0.554. The van der Waals surface area contributed by atoms with Crippen LogP contribution in [0.15, 0.2) is 66.9 Å². The van der Waals surface area contributed by atoms with Gasteiger partial charge >= 0.3 is 0 Å². The Morgan fingerprint density at radius 1 is 0.909 bits per heavy atom. The molecule has 1 aromatic heterocycles. The van der Waals surface area contributed by atoms with E-state index in [0.29, 0.717) is 27.8 Å². The molecular formula is C24H24ClN5O3. The number of carbonyl (C=O) groups is 3. The highest BCUT2D eigenvalue weighted by Crippen LogP contribution is 2.20. The van der Waals surface area contributed by atoms with Crippen LogP contribution in [0.2, 0.25) is 5.02 Å². The molecule has 0 unspecified atom stereocenters. The maximum absolute atomic E-state index is 12.8. The summed E-state index contributed by atoms with van der Waals surface area (Å²) in [6.07, 6.45) is 1.49. The van der Waals surface area contributed by atoms with Gasteiger partial charge in [-0.2, -0.15) is 0 Å². The molecule has 0 atom stereocenters. The molecule has 0 aliphatic carbocycles. The first-order chi connectivity index (χ1) is 15.7. The Kier molecular flexibility index (Phi) is 7.76. The molecule has 0 spiro atoms. The van der Waals surface area contributed by atoms with Gasteiger partial charge in [0.25, 0.3) is 11.8 Å². The average Bonchev–Trinajstić information content (AvgIpc) is 2.78. The zero-order chi connectivity index (χ0) is 24.0. The minimum absolute atomic E-state index is 0.0636. The van der Waals surface area contributed by atoms with Crippen molar-refractivity contribution in [1.82, 2.24) is 9.88 Å². The molecule has 0 aliphatic heterocycles. The molecule has 0 saturated carbocycles. The van der Waals surface area contributed by atoms with E-state index in [0.717, 1.165) is 0 Å². The number of pyridine rings is 1. The van der Waals surface area contributed by atoms with Crippen molar-refractivity contribution >= 4 is 46.5 Å². The zero-order valence-electron chi connectivity index (χ0n) is 18.5. The number of benzene rings is 2. The number of hydrogen-bond acceptors (Lipinski definition) is 5. The molecule has 3 aromatic rings. The topological polar surface area (TPSA) is 94.6 Å². The number of aromatic nitrogens is 1. The highest BCUT2D eigenvalue weighted by molar-refractivity contribution is 6.30. The number of nitrogens with one attached hydrogen (secondary N) is 2. The summed E-state index contributed by atoms with van der Waals surface area (Å²) < 4.78 is 0. The number of nitrogens with zero attached hydrogens (tertiary/aromatic N) is 3. The third kappa shape index (κ3) is 6.38. The molecule has 0 saturated heterocycles. The normalized spacial score (nSPS) is 10.6. The van der Waals surface area contributed by atoms with E-state index in [1.165, 1.54) is 17.2 Å². The molecule has 0 radical (unpaired) electrons. The van der Waals surface area contributed by atoms with Gasteiger partial charge in [-0.1, -0.05) is 23.7 Å². The Morgan fingerprint density at radius 2 is 1.61 bits per heavy atom. The van der Waals surface area contributed by atoms with Crippen molar-refractivity contribution in [2.45, 2.75) is 0 Å². The summed E-state index contributed by atoms with van der Waals surface area (Å²) in [5, 5.41) is 5.88. The first kappa shape index (κ1) is 23.9. The average molecular weight is 466 g/mol. The standard InChI is InChI=1S/C24H24ClN5O3/c1-29(2)15-22(31)30(3)18-10-8-16(9-11-18)23(32)27-20-7-5-4-6-19(20)24(33)28-21-14-17(25)12-13-26-21/h4-14H,15H2,1-3H3,(H,27,32)(H,26,28,33). The second kappa shape index (κ2) is 10.7. The van der Waals surface area contributed by atoms with E-state index < -0.39 is 5.91 Å². The molecule has 0 fully saturated rings. The molecule has 33 heavy (non-hydrogen) atoms. The Bertz CT molecular complexity index is 1160. The van der Waals surface area contributed by atoms with Crippen molar-refractivity contribution in [3.8, 4) is 0 Å². The van der Waals surface area contributed by atoms with Crippen LogP contribution in [0.5, 0.6) is 0 Å². The van der Waals surface area contributed by atoms with Gasteiger partial charge in [0.15, 0.2) is 0 Å². The summed E-state index contributed by atoms with van der Waals surface area (Å²) in [5.41, 5.74) is 1.69. The first-order valence-corrected chi connectivity index (χ1v) is 10.5. The largest absolute Gasteiger partial charge is 0.321 e. The highest BCUT2D eigenvalue weighted by Gasteiger charge is 2.16. The van der Waals surface area contributed by atoms with E-state index in [9.17, 15) is 14.4 Å². The number of hydrogen-bond donors (Lipinski definition) is 2. The molecular weight excluding hydrogens is 442 g/mol. The number of rotatable bonds is 7.